The largest absolute Gasteiger partial charge is 0.398 e. The van der Waals surface area contributed by atoms with Gasteiger partial charge in [0.15, 0.2) is 11.4 Å². The van der Waals surface area contributed by atoms with Crippen molar-refractivity contribution in [1.29, 1.82) is 0 Å². The topological polar surface area (TPSA) is 69.1 Å². The first kappa shape index (κ1) is 10.6. The van der Waals surface area contributed by atoms with Crippen LogP contribution in [-0.2, 0) is 0 Å². The van der Waals surface area contributed by atoms with Crippen molar-refractivity contribution in [1.82, 2.24) is 5.16 Å². The minimum Gasteiger partial charge on any atom is -0.398 e. The maximum atomic E-state index is 11.5. The molecule has 5 heteroatoms. The molecule has 3 rings (SSSR count). The number of carbonyl (C=O) groups excluding carboxylic acids is 1. The van der Waals surface area contributed by atoms with Gasteiger partial charge in [-0.25, -0.2) is 0 Å². The molecular formula is C12H11ClN2O2. The molecule has 0 radical (unpaired) electrons. The normalized spacial score (nSPS) is 15.4. The molecule has 0 unspecified atom stereocenters. The van der Waals surface area contributed by atoms with Gasteiger partial charge in [-0.1, -0.05) is 16.8 Å². The molecule has 0 spiro atoms. The first-order valence-corrected chi connectivity index (χ1v) is 5.85. The number of halogens is 1. The summed E-state index contributed by atoms with van der Waals surface area (Å²) >= 11 is 6.26. The van der Waals surface area contributed by atoms with E-state index in [1.165, 1.54) is 6.92 Å². The highest BCUT2D eigenvalue weighted by molar-refractivity contribution is 6.39. The fourth-order valence-electron chi connectivity index (χ4n) is 2.09. The van der Waals surface area contributed by atoms with Gasteiger partial charge in [-0.2, -0.15) is 0 Å². The second kappa shape index (κ2) is 3.47. The van der Waals surface area contributed by atoms with Crippen LogP contribution in [0.1, 0.15) is 41.7 Å². The van der Waals surface area contributed by atoms with Crippen molar-refractivity contribution in [2.75, 3.05) is 5.73 Å². The van der Waals surface area contributed by atoms with Gasteiger partial charge in [0.25, 0.3) is 0 Å². The molecule has 0 amide bonds. The second-order valence-electron chi connectivity index (χ2n) is 4.43. The Balaban J connectivity index is 2.36. The summed E-state index contributed by atoms with van der Waals surface area (Å²) in [5.41, 5.74) is 7.91. The molecule has 1 fully saturated rings. The summed E-state index contributed by atoms with van der Waals surface area (Å²) in [5.74, 6) is 0.273. The third kappa shape index (κ3) is 1.52. The van der Waals surface area contributed by atoms with E-state index >= 15 is 0 Å². The van der Waals surface area contributed by atoms with E-state index in [4.69, 9.17) is 21.9 Å². The van der Waals surface area contributed by atoms with Crippen LogP contribution in [0.3, 0.4) is 0 Å². The van der Waals surface area contributed by atoms with E-state index in [0.29, 0.717) is 27.8 Å². The van der Waals surface area contributed by atoms with Crippen molar-refractivity contribution in [3.05, 3.63) is 22.3 Å². The van der Waals surface area contributed by atoms with Gasteiger partial charge in [-0.05, 0) is 19.8 Å². The first-order chi connectivity index (χ1) is 8.09. The van der Waals surface area contributed by atoms with Crippen molar-refractivity contribution >= 4 is 34.0 Å². The highest BCUT2D eigenvalue weighted by atomic mass is 35.5. The highest BCUT2D eigenvalue weighted by Gasteiger charge is 2.31. The minimum atomic E-state index is -0.141. The Morgan fingerprint density at radius 2 is 2.29 bits per heavy atom. The SMILES string of the molecule is CC(=O)c1c(N)cc2onc(C3CC3)c2c1Cl. The van der Waals surface area contributed by atoms with Gasteiger partial charge in [0.2, 0.25) is 0 Å². The molecule has 88 valence electrons. The highest BCUT2D eigenvalue weighted by Crippen LogP contribution is 2.45. The van der Waals surface area contributed by atoms with E-state index in [1.807, 2.05) is 0 Å². The number of Topliss-reactive ketones (excluding diaryl/α,β-unsaturated/α-hetero) is 1. The predicted octanol–water partition coefficient (Wildman–Crippen LogP) is 3.14. The number of anilines is 1. The van der Waals surface area contributed by atoms with Crippen LogP contribution in [0, 0.1) is 0 Å². The molecule has 1 saturated carbocycles. The molecule has 0 saturated heterocycles. The summed E-state index contributed by atoms with van der Waals surface area (Å²) in [4.78, 5) is 11.5. The number of nitrogens with zero attached hydrogens (tertiary/aromatic N) is 1. The number of hydrogen-bond donors (Lipinski definition) is 1. The predicted molar refractivity (Wildman–Crippen MR) is 65.4 cm³/mol. The van der Waals surface area contributed by atoms with Crippen molar-refractivity contribution < 1.29 is 9.32 Å². The van der Waals surface area contributed by atoms with E-state index < -0.39 is 0 Å². The van der Waals surface area contributed by atoms with Crippen molar-refractivity contribution in [3.8, 4) is 0 Å². The molecule has 1 aromatic heterocycles. The fourth-order valence-corrected chi connectivity index (χ4v) is 2.53. The van der Waals surface area contributed by atoms with E-state index in [9.17, 15) is 4.79 Å². The van der Waals surface area contributed by atoms with E-state index in [1.54, 1.807) is 6.07 Å². The van der Waals surface area contributed by atoms with Gasteiger partial charge in [0.1, 0.15) is 0 Å². The van der Waals surface area contributed by atoms with E-state index in [-0.39, 0.29) is 5.78 Å². The number of nitrogens with two attached hydrogens (primary N) is 1. The molecule has 1 aromatic carbocycles. The maximum absolute atomic E-state index is 11.5. The van der Waals surface area contributed by atoms with Gasteiger partial charge < -0.3 is 10.3 Å². The summed E-state index contributed by atoms with van der Waals surface area (Å²) < 4.78 is 5.22. The molecule has 1 aliphatic rings. The zero-order valence-corrected chi connectivity index (χ0v) is 10.0. The summed E-state index contributed by atoms with van der Waals surface area (Å²) in [7, 11) is 0. The van der Waals surface area contributed by atoms with Gasteiger partial charge in [-0.3, -0.25) is 4.79 Å². The van der Waals surface area contributed by atoms with Crippen LogP contribution in [-0.4, -0.2) is 10.9 Å². The van der Waals surface area contributed by atoms with Gasteiger partial charge in [0, 0.05) is 17.7 Å². The quantitative estimate of drug-likeness (QED) is 0.657. The zero-order chi connectivity index (χ0) is 12.2. The fraction of sp³-hybridized carbons (Fsp3) is 0.333. The lowest BCUT2D eigenvalue weighted by Crippen LogP contribution is -2.01. The standard InChI is InChI=1S/C12H11ClN2O2/c1-5(16)9-7(14)4-8-10(11(9)13)12(15-17-8)6-2-3-6/h4,6H,2-3,14H2,1H3. The molecule has 0 bridgehead atoms. The third-order valence-electron chi connectivity index (χ3n) is 3.08. The number of hydrogen-bond acceptors (Lipinski definition) is 4. The Kier molecular flexibility index (Phi) is 2.16. The Hall–Kier alpha value is -1.55. The van der Waals surface area contributed by atoms with E-state index in [0.717, 1.165) is 23.9 Å². The van der Waals surface area contributed by atoms with Crippen LogP contribution in [0.5, 0.6) is 0 Å². The Morgan fingerprint density at radius 1 is 1.59 bits per heavy atom. The average molecular weight is 251 g/mol. The molecule has 1 aliphatic carbocycles. The Bertz CT molecular complexity index is 629. The third-order valence-corrected chi connectivity index (χ3v) is 3.45. The van der Waals surface area contributed by atoms with Crippen LogP contribution in [0.2, 0.25) is 5.02 Å². The number of rotatable bonds is 2. The molecule has 2 N–H and O–H groups in total. The second-order valence-corrected chi connectivity index (χ2v) is 4.80. The van der Waals surface area contributed by atoms with E-state index in [2.05, 4.69) is 5.16 Å². The molecule has 2 aromatic rings. The number of carbonyl (C=O) groups is 1. The van der Waals surface area contributed by atoms with Gasteiger partial charge >= 0.3 is 0 Å². The molecule has 0 atom stereocenters. The van der Waals surface area contributed by atoms with Crippen molar-refractivity contribution in [2.24, 2.45) is 0 Å². The number of nitrogen functional groups attached to an aromatic ring is 1. The summed E-state index contributed by atoms with van der Waals surface area (Å²) in [6.07, 6.45) is 2.19. The number of aromatic nitrogens is 1. The number of ketones is 1. The van der Waals surface area contributed by atoms with Gasteiger partial charge in [0.05, 0.1) is 21.7 Å². The smallest absolute Gasteiger partial charge is 0.170 e. The summed E-state index contributed by atoms with van der Waals surface area (Å²) in [6, 6.07) is 1.62. The lowest BCUT2D eigenvalue weighted by Gasteiger charge is -2.05. The maximum Gasteiger partial charge on any atom is 0.170 e. The number of fused-ring (bicyclic) bond motifs is 1. The van der Waals surface area contributed by atoms with Crippen LogP contribution in [0.4, 0.5) is 5.69 Å². The monoisotopic (exact) mass is 250 g/mol. The molecular weight excluding hydrogens is 240 g/mol. The summed E-state index contributed by atoms with van der Waals surface area (Å²) in [6.45, 7) is 1.45. The molecule has 17 heavy (non-hydrogen) atoms. The van der Waals surface area contributed by atoms with Gasteiger partial charge in [-0.15, -0.1) is 0 Å². The molecule has 0 aliphatic heterocycles. The summed E-state index contributed by atoms with van der Waals surface area (Å²) in [5, 5.41) is 5.15. The Labute approximate surface area is 103 Å². The van der Waals surface area contributed by atoms with Crippen molar-refractivity contribution in [3.63, 3.8) is 0 Å². The molecule has 4 nitrogen and oxygen atoms in total. The number of benzene rings is 1. The lowest BCUT2D eigenvalue weighted by atomic mass is 10.0. The van der Waals surface area contributed by atoms with Crippen LogP contribution < -0.4 is 5.73 Å². The first-order valence-electron chi connectivity index (χ1n) is 5.47. The molecule has 1 heterocycles. The van der Waals surface area contributed by atoms with Crippen LogP contribution in [0.25, 0.3) is 11.0 Å². The Morgan fingerprint density at radius 3 is 2.88 bits per heavy atom. The lowest BCUT2D eigenvalue weighted by molar-refractivity contribution is 0.101. The zero-order valence-electron chi connectivity index (χ0n) is 9.29. The van der Waals surface area contributed by atoms with Crippen molar-refractivity contribution in [2.45, 2.75) is 25.7 Å². The van der Waals surface area contributed by atoms with Crippen LogP contribution in [0.15, 0.2) is 10.6 Å². The average Bonchev–Trinajstić information content (AvgIpc) is 2.99. The van der Waals surface area contributed by atoms with Crippen LogP contribution >= 0.6 is 11.6 Å². The minimum absolute atomic E-state index is 0.141.